The fourth-order valence-electron chi connectivity index (χ4n) is 3.18. The van der Waals surface area contributed by atoms with Crippen LogP contribution in [0.15, 0.2) is 41.5 Å². The molecule has 5 nitrogen and oxygen atoms in total. The molecule has 0 bridgehead atoms. The molecular weight excluding hydrogens is 444 g/mol. The van der Waals surface area contributed by atoms with Gasteiger partial charge in [-0.3, -0.25) is 4.99 Å². The van der Waals surface area contributed by atoms with E-state index in [1.54, 1.807) is 23.9 Å². The third-order valence-electron chi connectivity index (χ3n) is 4.58. The molecule has 0 saturated heterocycles. The van der Waals surface area contributed by atoms with Crippen molar-refractivity contribution in [3.8, 4) is 5.69 Å². The zero-order valence-electron chi connectivity index (χ0n) is 15.1. The molecule has 2 N–H and O–H groups in total. The summed E-state index contributed by atoms with van der Waals surface area (Å²) in [6.07, 6.45) is 9.11. The zero-order valence-corrected chi connectivity index (χ0v) is 17.4. The van der Waals surface area contributed by atoms with Crippen LogP contribution in [0.25, 0.3) is 5.69 Å². The first-order valence-electron chi connectivity index (χ1n) is 9.02. The maximum atomic E-state index is 13.0. The summed E-state index contributed by atoms with van der Waals surface area (Å²) >= 11 is 0. The van der Waals surface area contributed by atoms with Crippen LogP contribution in [0.1, 0.15) is 37.8 Å². The number of hydrogen-bond acceptors (Lipinski definition) is 2. The summed E-state index contributed by atoms with van der Waals surface area (Å²) < 4.78 is 14.8. The minimum Gasteiger partial charge on any atom is -0.356 e. The summed E-state index contributed by atoms with van der Waals surface area (Å²) in [5.74, 6) is 0.627. The van der Waals surface area contributed by atoms with Gasteiger partial charge in [-0.2, -0.15) is 5.10 Å². The molecule has 0 unspecified atom stereocenters. The number of nitrogens with one attached hydrogen (secondary N) is 2. The highest BCUT2D eigenvalue weighted by Gasteiger charge is 2.14. The highest BCUT2D eigenvalue weighted by atomic mass is 127. The van der Waals surface area contributed by atoms with E-state index in [4.69, 9.17) is 0 Å². The fraction of sp³-hybridized carbons (Fsp3) is 0.474. The maximum absolute atomic E-state index is 13.0. The summed E-state index contributed by atoms with van der Waals surface area (Å²) in [6, 6.07) is 8.86. The molecule has 7 heteroatoms. The van der Waals surface area contributed by atoms with Gasteiger partial charge in [-0.1, -0.05) is 19.3 Å². The lowest BCUT2D eigenvalue weighted by Gasteiger charge is -2.24. The Kier molecular flexibility index (Phi) is 8.34. The summed E-state index contributed by atoms with van der Waals surface area (Å²) in [6.45, 7) is 0.771. The third kappa shape index (κ3) is 5.96. The van der Waals surface area contributed by atoms with E-state index in [1.165, 1.54) is 44.2 Å². The van der Waals surface area contributed by atoms with Crippen molar-refractivity contribution in [3.05, 3.63) is 48.0 Å². The van der Waals surface area contributed by atoms with Gasteiger partial charge in [0.05, 0.1) is 11.4 Å². The molecule has 142 valence electrons. The smallest absolute Gasteiger partial charge is 0.191 e. The number of halogens is 2. The average Bonchev–Trinajstić information content (AvgIpc) is 3.11. The number of aromatic nitrogens is 2. The van der Waals surface area contributed by atoms with Gasteiger partial charge >= 0.3 is 0 Å². The second-order valence-electron chi connectivity index (χ2n) is 6.46. The second-order valence-corrected chi connectivity index (χ2v) is 6.46. The topological polar surface area (TPSA) is 54.2 Å². The Balaban J connectivity index is 0.00000243. The van der Waals surface area contributed by atoms with Crippen molar-refractivity contribution in [1.82, 2.24) is 20.4 Å². The number of aliphatic imine (C=N–C) groups is 1. The largest absolute Gasteiger partial charge is 0.356 e. The molecular formula is C19H27FIN5. The van der Waals surface area contributed by atoms with E-state index in [0.29, 0.717) is 6.04 Å². The first kappa shape index (κ1) is 20.7. The molecule has 1 aromatic heterocycles. The molecule has 0 atom stereocenters. The van der Waals surface area contributed by atoms with Gasteiger partial charge in [0.2, 0.25) is 0 Å². The van der Waals surface area contributed by atoms with Crippen LogP contribution in [0, 0.1) is 5.82 Å². The first-order chi connectivity index (χ1) is 12.2. The highest BCUT2D eigenvalue weighted by Crippen LogP contribution is 2.17. The van der Waals surface area contributed by atoms with Gasteiger partial charge in [0, 0.05) is 32.3 Å². The molecule has 1 heterocycles. The Bertz CT molecular complexity index is 692. The molecule has 1 aliphatic rings. The quantitative estimate of drug-likeness (QED) is 0.398. The Morgan fingerprint density at radius 1 is 1.19 bits per heavy atom. The van der Waals surface area contributed by atoms with Crippen molar-refractivity contribution in [2.24, 2.45) is 4.99 Å². The van der Waals surface area contributed by atoms with E-state index in [-0.39, 0.29) is 29.8 Å². The highest BCUT2D eigenvalue weighted by molar-refractivity contribution is 14.0. The minimum absolute atomic E-state index is 0. The first-order valence-corrected chi connectivity index (χ1v) is 9.02. The predicted molar refractivity (Wildman–Crippen MR) is 114 cm³/mol. The SMILES string of the molecule is CN=C(NCCc1ccn(-c2ccc(F)cc2)n1)NC1CCCCC1.I. The van der Waals surface area contributed by atoms with Crippen LogP contribution in [0.4, 0.5) is 4.39 Å². The minimum atomic E-state index is -0.239. The van der Waals surface area contributed by atoms with E-state index in [9.17, 15) is 4.39 Å². The molecule has 26 heavy (non-hydrogen) atoms. The van der Waals surface area contributed by atoms with Crippen molar-refractivity contribution in [2.75, 3.05) is 13.6 Å². The lowest BCUT2D eigenvalue weighted by molar-refractivity contribution is 0.410. The number of benzene rings is 1. The summed E-state index contributed by atoms with van der Waals surface area (Å²) in [7, 11) is 1.81. The molecule has 1 aliphatic carbocycles. The van der Waals surface area contributed by atoms with Gasteiger partial charge in [-0.15, -0.1) is 24.0 Å². The van der Waals surface area contributed by atoms with Gasteiger partial charge in [-0.25, -0.2) is 9.07 Å². The van der Waals surface area contributed by atoms with E-state index in [2.05, 4.69) is 20.7 Å². The van der Waals surface area contributed by atoms with E-state index >= 15 is 0 Å². The van der Waals surface area contributed by atoms with Crippen LogP contribution in [-0.4, -0.2) is 35.4 Å². The molecule has 0 aliphatic heterocycles. The number of rotatable bonds is 5. The summed E-state index contributed by atoms with van der Waals surface area (Å²) in [5.41, 5.74) is 1.85. The third-order valence-corrected chi connectivity index (χ3v) is 4.58. The molecule has 3 rings (SSSR count). The van der Waals surface area contributed by atoms with E-state index in [0.717, 1.165) is 30.3 Å². The zero-order chi connectivity index (χ0) is 17.5. The van der Waals surface area contributed by atoms with Crippen molar-refractivity contribution in [3.63, 3.8) is 0 Å². The Hall–Kier alpha value is -1.64. The molecule has 1 fully saturated rings. The van der Waals surface area contributed by atoms with Crippen LogP contribution < -0.4 is 10.6 Å². The van der Waals surface area contributed by atoms with Gasteiger partial charge in [0.25, 0.3) is 0 Å². The molecule has 1 aromatic carbocycles. The number of hydrogen-bond donors (Lipinski definition) is 2. The molecule has 0 amide bonds. The fourth-order valence-corrected chi connectivity index (χ4v) is 3.18. The van der Waals surface area contributed by atoms with Gasteiger partial charge in [0.1, 0.15) is 5.82 Å². The standard InChI is InChI=1S/C19H26FN5.HI/c1-21-19(23-16-5-3-2-4-6-16)22-13-11-17-12-14-25(24-17)18-9-7-15(20)8-10-18;/h7-10,12,14,16H,2-6,11,13H2,1H3,(H2,21,22,23);1H. The summed E-state index contributed by atoms with van der Waals surface area (Å²) in [4.78, 5) is 4.31. The monoisotopic (exact) mass is 471 g/mol. The van der Waals surface area contributed by atoms with Crippen LogP contribution in [-0.2, 0) is 6.42 Å². The lowest BCUT2D eigenvalue weighted by atomic mass is 9.96. The average molecular weight is 471 g/mol. The maximum Gasteiger partial charge on any atom is 0.191 e. The van der Waals surface area contributed by atoms with Crippen molar-refractivity contribution >= 4 is 29.9 Å². The van der Waals surface area contributed by atoms with Crippen molar-refractivity contribution in [1.29, 1.82) is 0 Å². The van der Waals surface area contributed by atoms with Crippen molar-refractivity contribution < 1.29 is 4.39 Å². The Morgan fingerprint density at radius 3 is 2.62 bits per heavy atom. The lowest BCUT2D eigenvalue weighted by Crippen LogP contribution is -2.44. The van der Waals surface area contributed by atoms with Crippen molar-refractivity contribution in [2.45, 2.75) is 44.6 Å². The normalized spacial score (nSPS) is 15.4. The number of guanidine groups is 1. The van der Waals surface area contributed by atoms with Gasteiger partial charge in [-0.05, 0) is 43.2 Å². The van der Waals surface area contributed by atoms with Gasteiger partial charge in [0.15, 0.2) is 5.96 Å². The molecule has 1 saturated carbocycles. The molecule has 0 radical (unpaired) electrons. The Morgan fingerprint density at radius 2 is 1.92 bits per heavy atom. The van der Waals surface area contributed by atoms with Crippen LogP contribution in [0.3, 0.4) is 0 Å². The van der Waals surface area contributed by atoms with Crippen LogP contribution >= 0.6 is 24.0 Å². The second kappa shape index (κ2) is 10.5. The van der Waals surface area contributed by atoms with Crippen LogP contribution in [0.2, 0.25) is 0 Å². The summed E-state index contributed by atoms with van der Waals surface area (Å²) in [5, 5.41) is 11.4. The van der Waals surface area contributed by atoms with Crippen LogP contribution in [0.5, 0.6) is 0 Å². The number of nitrogens with zero attached hydrogens (tertiary/aromatic N) is 3. The molecule has 0 spiro atoms. The molecule has 2 aromatic rings. The Labute approximate surface area is 171 Å². The van der Waals surface area contributed by atoms with Gasteiger partial charge < -0.3 is 10.6 Å². The predicted octanol–water partition coefficient (Wildman–Crippen LogP) is 3.67. The van der Waals surface area contributed by atoms with E-state index in [1.807, 2.05) is 12.3 Å². The van der Waals surface area contributed by atoms with E-state index < -0.39 is 0 Å².